The maximum atomic E-state index is 12.6. The maximum Gasteiger partial charge on any atom is 0.415 e. The Morgan fingerprint density at radius 2 is 1.67 bits per heavy atom. The number of aryl methyl sites for hydroxylation is 4. The van der Waals surface area contributed by atoms with Crippen molar-refractivity contribution in [3.63, 3.8) is 0 Å². The van der Waals surface area contributed by atoms with Gasteiger partial charge in [0.2, 0.25) is 0 Å². The predicted molar refractivity (Wildman–Crippen MR) is 130 cm³/mol. The first-order valence-electron chi connectivity index (χ1n) is 11.7. The van der Waals surface area contributed by atoms with Crippen molar-refractivity contribution in [3.05, 3.63) is 89.0 Å². The summed E-state index contributed by atoms with van der Waals surface area (Å²) in [6, 6.07) is 18.1. The van der Waals surface area contributed by atoms with Crippen LogP contribution < -0.4 is 4.74 Å². The lowest BCUT2D eigenvalue weighted by Gasteiger charge is -2.33. The molecule has 172 valence electrons. The van der Waals surface area contributed by atoms with E-state index in [0.717, 1.165) is 56.0 Å². The number of benzene rings is 1. The molecule has 0 aliphatic carbocycles. The molecule has 0 saturated carbocycles. The normalized spacial score (nSPS) is 14.3. The van der Waals surface area contributed by atoms with Crippen molar-refractivity contribution in [1.82, 2.24) is 19.8 Å². The highest BCUT2D eigenvalue weighted by molar-refractivity contribution is 5.70. The van der Waals surface area contributed by atoms with Crippen LogP contribution in [-0.2, 0) is 19.3 Å². The molecule has 1 aromatic carbocycles. The molecule has 0 spiro atoms. The molecule has 1 aliphatic heterocycles. The minimum atomic E-state index is -0.272. The zero-order chi connectivity index (χ0) is 23.0. The summed E-state index contributed by atoms with van der Waals surface area (Å²) in [6.45, 7) is 8.09. The standard InChI is InChI=1S/C27H32N4O2/c1-21-6-10-24(28-20-21)14-15-30-16-18-31(19-17-30)27(32)33-26-12-8-23(9-13-26)7-11-25-5-3-4-22(2)29-25/h3-6,8-10,12-13,20H,7,11,14-19H2,1-2H3. The zero-order valence-corrected chi connectivity index (χ0v) is 19.5. The molecule has 6 nitrogen and oxygen atoms in total. The van der Waals surface area contributed by atoms with Gasteiger partial charge in [-0.3, -0.25) is 14.9 Å². The Morgan fingerprint density at radius 1 is 0.879 bits per heavy atom. The monoisotopic (exact) mass is 444 g/mol. The molecule has 1 fully saturated rings. The van der Waals surface area contributed by atoms with Gasteiger partial charge in [0.15, 0.2) is 0 Å². The molecule has 1 saturated heterocycles. The van der Waals surface area contributed by atoms with Crippen molar-refractivity contribution in [1.29, 1.82) is 0 Å². The molecule has 6 heteroatoms. The Morgan fingerprint density at radius 3 is 2.36 bits per heavy atom. The van der Waals surface area contributed by atoms with Gasteiger partial charge in [0, 0.05) is 62.4 Å². The summed E-state index contributed by atoms with van der Waals surface area (Å²) in [5.74, 6) is 0.588. The van der Waals surface area contributed by atoms with Crippen molar-refractivity contribution >= 4 is 6.09 Å². The van der Waals surface area contributed by atoms with E-state index in [4.69, 9.17) is 4.74 Å². The second-order valence-corrected chi connectivity index (χ2v) is 8.69. The van der Waals surface area contributed by atoms with Crippen molar-refractivity contribution in [2.75, 3.05) is 32.7 Å². The fraction of sp³-hybridized carbons (Fsp3) is 0.370. The third-order valence-electron chi connectivity index (χ3n) is 6.03. The predicted octanol–water partition coefficient (Wildman–Crippen LogP) is 4.24. The number of amides is 1. The Bertz CT molecular complexity index is 1040. The van der Waals surface area contributed by atoms with E-state index in [1.54, 1.807) is 4.90 Å². The van der Waals surface area contributed by atoms with Gasteiger partial charge < -0.3 is 9.64 Å². The molecule has 0 radical (unpaired) electrons. The molecule has 33 heavy (non-hydrogen) atoms. The van der Waals surface area contributed by atoms with Gasteiger partial charge in [-0.1, -0.05) is 24.3 Å². The highest BCUT2D eigenvalue weighted by Crippen LogP contribution is 2.16. The molecular formula is C27H32N4O2. The van der Waals surface area contributed by atoms with Crippen LogP contribution in [0, 0.1) is 13.8 Å². The molecule has 0 bridgehead atoms. The lowest BCUT2D eigenvalue weighted by Crippen LogP contribution is -2.49. The van der Waals surface area contributed by atoms with Crippen molar-refractivity contribution in [2.24, 2.45) is 0 Å². The number of hydrogen-bond donors (Lipinski definition) is 0. The Labute approximate surface area is 196 Å². The van der Waals surface area contributed by atoms with Gasteiger partial charge in [-0.05, 0) is 68.1 Å². The van der Waals surface area contributed by atoms with Crippen molar-refractivity contribution in [2.45, 2.75) is 33.1 Å². The highest BCUT2D eigenvalue weighted by atomic mass is 16.6. The summed E-state index contributed by atoms with van der Waals surface area (Å²) in [5.41, 5.74) is 5.63. The molecule has 0 atom stereocenters. The summed E-state index contributed by atoms with van der Waals surface area (Å²) in [6.07, 6.45) is 4.37. The van der Waals surface area contributed by atoms with Crippen LogP contribution in [0.2, 0.25) is 0 Å². The Kier molecular flexibility index (Phi) is 7.68. The minimum absolute atomic E-state index is 0.272. The van der Waals surface area contributed by atoms with Crippen LogP contribution in [0.1, 0.15) is 28.2 Å². The molecule has 0 unspecified atom stereocenters. The molecule has 3 heterocycles. The maximum absolute atomic E-state index is 12.6. The lowest BCUT2D eigenvalue weighted by molar-refractivity contribution is 0.111. The number of hydrogen-bond acceptors (Lipinski definition) is 5. The minimum Gasteiger partial charge on any atom is -0.410 e. The van der Waals surface area contributed by atoms with E-state index in [1.807, 2.05) is 56.4 Å². The number of carbonyl (C=O) groups is 1. The van der Waals surface area contributed by atoms with E-state index >= 15 is 0 Å². The second kappa shape index (κ2) is 11.1. The van der Waals surface area contributed by atoms with Gasteiger partial charge in [-0.25, -0.2) is 4.79 Å². The summed E-state index contributed by atoms with van der Waals surface area (Å²) in [7, 11) is 0. The topological polar surface area (TPSA) is 58.6 Å². The summed E-state index contributed by atoms with van der Waals surface area (Å²) >= 11 is 0. The fourth-order valence-electron chi connectivity index (χ4n) is 3.97. The smallest absolute Gasteiger partial charge is 0.410 e. The van der Waals surface area contributed by atoms with E-state index in [0.29, 0.717) is 18.8 Å². The fourth-order valence-corrected chi connectivity index (χ4v) is 3.97. The number of nitrogens with zero attached hydrogens (tertiary/aromatic N) is 4. The van der Waals surface area contributed by atoms with E-state index in [-0.39, 0.29) is 6.09 Å². The molecule has 4 rings (SSSR count). The van der Waals surface area contributed by atoms with E-state index in [1.165, 1.54) is 11.1 Å². The number of carbonyl (C=O) groups excluding carboxylic acids is 1. The second-order valence-electron chi connectivity index (χ2n) is 8.69. The molecule has 1 amide bonds. The van der Waals surface area contributed by atoms with Gasteiger partial charge in [0.1, 0.15) is 5.75 Å². The van der Waals surface area contributed by atoms with Crippen LogP contribution in [0.4, 0.5) is 4.79 Å². The van der Waals surface area contributed by atoms with Gasteiger partial charge in [-0.2, -0.15) is 0 Å². The van der Waals surface area contributed by atoms with Gasteiger partial charge in [-0.15, -0.1) is 0 Å². The van der Waals surface area contributed by atoms with Crippen LogP contribution in [0.3, 0.4) is 0 Å². The number of piperazine rings is 1. The average Bonchev–Trinajstić information content (AvgIpc) is 2.84. The molecule has 2 aromatic heterocycles. The number of rotatable bonds is 7. The first-order valence-corrected chi connectivity index (χ1v) is 11.7. The van der Waals surface area contributed by atoms with Crippen LogP contribution >= 0.6 is 0 Å². The lowest BCUT2D eigenvalue weighted by atomic mass is 10.1. The van der Waals surface area contributed by atoms with E-state index in [9.17, 15) is 4.79 Å². The quantitative estimate of drug-likeness (QED) is 0.546. The zero-order valence-electron chi connectivity index (χ0n) is 19.5. The Hall–Kier alpha value is -3.25. The van der Waals surface area contributed by atoms with Crippen molar-refractivity contribution < 1.29 is 9.53 Å². The largest absolute Gasteiger partial charge is 0.415 e. The third kappa shape index (κ3) is 6.86. The van der Waals surface area contributed by atoms with Gasteiger partial charge in [0.25, 0.3) is 0 Å². The number of pyridine rings is 2. The highest BCUT2D eigenvalue weighted by Gasteiger charge is 2.22. The van der Waals surface area contributed by atoms with Crippen molar-refractivity contribution in [3.8, 4) is 5.75 Å². The Balaban J connectivity index is 1.19. The summed E-state index contributed by atoms with van der Waals surface area (Å²) < 4.78 is 5.61. The SMILES string of the molecule is Cc1ccc(CCN2CCN(C(=O)Oc3ccc(CCc4cccc(C)n4)cc3)CC2)nc1. The summed E-state index contributed by atoms with van der Waals surface area (Å²) in [4.78, 5) is 25.8. The van der Waals surface area contributed by atoms with Gasteiger partial charge in [0.05, 0.1) is 0 Å². The van der Waals surface area contributed by atoms with Crippen LogP contribution in [-0.4, -0.2) is 58.6 Å². The first kappa shape index (κ1) is 22.9. The average molecular weight is 445 g/mol. The van der Waals surface area contributed by atoms with Crippen LogP contribution in [0.25, 0.3) is 0 Å². The molecule has 0 N–H and O–H groups in total. The molecule has 3 aromatic rings. The number of aromatic nitrogens is 2. The van der Waals surface area contributed by atoms with E-state index < -0.39 is 0 Å². The van der Waals surface area contributed by atoms with Gasteiger partial charge >= 0.3 is 6.09 Å². The molecule has 1 aliphatic rings. The van der Waals surface area contributed by atoms with Crippen LogP contribution in [0.5, 0.6) is 5.75 Å². The molecular weight excluding hydrogens is 412 g/mol. The third-order valence-corrected chi connectivity index (χ3v) is 6.03. The van der Waals surface area contributed by atoms with E-state index in [2.05, 4.69) is 33.1 Å². The van der Waals surface area contributed by atoms with Crippen LogP contribution in [0.15, 0.2) is 60.8 Å². The summed E-state index contributed by atoms with van der Waals surface area (Å²) in [5, 5.41) is 0. The first-order chi connectivity index (χ1) is 16.0. The number of ether oxygens (including phenoxy) is 1.